The molecule has 0 amide bonds. The molecule has 0 aliphatic heterocycles. The molecule has 0 heterocycles. The van der Waals surface area contributed by atoms with E-state index in [1.165, 1.54) is 0 Å². The minimum atomic E-state index is -0.401. The van der Waals surface area contributed by atoms with E-state index in [0.717, 1.165) is 26.1 Å². The molecule has 0 N–H and O–H groups in total. The van der Waals surface area contributed by atoms with Gasteiger partial charge in [-0.05, 0) is 38.8 Å². The molecule has 0 saturated heterocycles. The van der Waals surface area contributed by atoms with Crippen LogP contribution in [0.4, 0.5) is 0 Å². The zero-order valence-electron chi connectivity index (χ0n) is 13.3. The largest absolute Gasteiger partial charge is 0.464 e. The van der Waals surface area contributed by atoms with Crippen LogP contribution in [0.25, 0.3) is 0 Å². The molecule has 0 aliphatic carbocycles. The summed E-state index contributed by atoms with van der Waals surface area (Å²) in [7, 11) is 0. The van der Waals surface area contributed by atoms with Gasteiger partial charge in [-0.1, -0.05) is 34.6 Å². The highest BCUT2D eigenvalue weighted by Crippen LogP contribution is 2.33. The van der Waals surface area contributed by atoms with Crippen molar-refractivity contribution in [3.63, 3.8) is 0 Å². The summed E-state index contributed by atoms with van der Waals surface area (Å²) in [4.78, 5) is 14.3. The predicted molar refractivity (Wildman–Crippen MR) is 76.6 cm³/mol. The first-order valence-corrected chi connectivity index (χ1v) is 7.02. The smallest absolute Gasteiger partial charge is 0.311 e. The lowest BCUT2D eigenvalue weighted by molar-refractivity contribution is -0.156. The van der Waals surface area contributed by atoms with Gasteiger partial charge >= 0.3 is 5.97 Å². The topological polar surface area (TPSA) is 29.5 Å². The lowest BCUT2D eigenvalue weighted by Crippen LogP contribution is -2.34. The quantitative estimate of drug-likeness (QED) is 0.655. The Morgan fingerprint density at radius 3 is 1.94 bits per heavy atom. The van der Waals surface area contributed by atoms with Crippen LogP contribution in [0.5, 0.6) is 0 Å². The summed E-state index contributed by atoms with van der Waals surface area (Å²) < 4.78 is 5.41. The number of carbonyl (C=O) groups is 1. The van der Waals surface area contributed by atoms with Crippen LogP contribution in [0, 0.1) is 10.8 Å². The Labute approximate surface area is 113 Å². The molecule has 0 saturated carbocycles. The number of carbonyl (C=O) groups excluding carboxylic acids is 1. The van der Waals surface area contributed by atoms with E-state index in [2.05, 4.69) is 39.5 Å². The van der Waals surface area contributed by atoms with Crippen molar-refractivity contribution in [3.8, 4) is 0 Å². The molecule has 18 heavy (non-hydrogen) atoms. The van der Waals surface area contributed by atoms with Crippen molar-refractivity contribution in [2.24, 2.45) is 10.8 Å². The summed E-state index contributed by atoms with van der Waals surface area (Å²) >= 11 is 0. The number of nitrogens with zero attached hydrogens (tertiary/aromatic N) is 1. The van der Waals surface area contributed by atoms with Crippen LogP contribution in [0.1, 0.15) is 54.9 Å². The Bertz CT molecular complexity index is 250. The molecule has 0 spiro atoms. The first-order valence-electron chi connectivity index (χ1n) is 7.02. The van der Waals surface area contributed by atoms with Gasteiger partial charge in [-0.15, -0.1) is 0 Å². The van der Waals surface area contributed by atoms with Gasteiger partial charge in [-0.2, -0.15) is 0 Å². The van der Waals surface area contributed by atoms with E-state index < -0.39 is 5.41 Å². The van der Waals surface area contributed by atoms with Crippen LogP contribution in [-0.4, -0.2) is 37.1 Å². The number of likely N-dealkylation sites (N-methyl/N-ethyl adjacent to an activating group) is 1. The molecule has 0 fully saturated rings. The molecular formula is C15H31NO2. The van der Waals surface area contributed by atoms with Gasteiger partial charge in [0.15, 0.2) is 0 Å². The molecule has 0 radical (unpaired) electrons. The fourth-order valence-electron chi connectivity index (χ4n) is 2.40. The van der Waals surface area contributed by atoms with E-state index in [1.54, 1.807) is 0 Å². The van der Waals surface area contributed by atoms with E-state index >= 15 is 0 Å². The van der Waals surface area contributed by atoms with Crippen molar-refractivity contribution in [3.05, 3.63) is 0 Å². The van der Waals surface area contributed by atoms with Crippen molar-refractivity contribution in [2.75, 3.05) is 26.2 Å². The average Bonchev–Trinajstić information content (AvgIpc) is 2.20. The molecular weight excluding hydrogens is 226 g/mol. The highest BCUT2D eigenvalue weighted by Gasteiger charge is 2.33. The van der Waals surface area contributed by atoms with E-state index in [1.807, 2.05) is 13.8 Å². The van der Waals surface area contributed by atoms with Gasteiger partial charge in [-0.25, -0.2) is 0 Å². The number of hydrogen-bond acceptors (Lipinski definition) is 3. The van der Waals surface area contributed by atoms with E-state index in [0.29, 0.717) is 6.61 Å². The van der Waals surface area contributed by atoms with Crippen LogP contribution in [0.3, 0.4) is 0 Å². The van der Waals surface area contributed by atoms with Crippen LogP contribution in [0.15, 0.2) is 0 Å². The van der Waals surface area contributed by atoms with Gasteiger partial charge in [0.2, 0.25) is 0 Å². The molecule has 3 heteroatoms. The van der Waals surface area contributed by atoms with Crippen molar-refractivity contribution < 1.29 is 9.53 Å². The standard InChI is InChI=1S/C15H31NO2/c1-8-16(9-2)10-11-18-13(17)15(6,7)12-14(3,4)5/h8-12H2,1-7H3. The lowest BCUT2D eigenvalue weighted by atomic mass is 9.76. The summed E-state index contributed by atoms with van der Waals surface area (Å²) in [5, 5.41) is 0. The number of ether oxygens (including phenoxy) is 1. The van der Waals surface area contributed by atoms with Crippen molar-refractivity contribution >= 4 is 5.97 Å². The van der Waals surface area contributed by atoms with Gasteiger partial charge in [0.25, 0.3) is 0 Å². The first-order chi connectivity index (χ1) is 8.12. The Hall–Kier alpha value is -0.570. The fourth-order valence-corrected chi connectivity index (χ4v) is 2.40. The highest BCUT2D eigenvalue weighted by atomic mass is 16.5. The maximum Gasteiger partial charge on any atom is 0.311 e. The van der Waals surface area contributed by atoms with Crippen LogP contribution >= 0.6 is 0 Å². The van der Waals surface area contributed by atoms with Gasteiger partial charge in [0, 0.05) is 6.54 Å². The zero-order valence-corrected chi connectivity index (χ0v) is 13.3. The maximum absolute atomic E-state index is 12.1. The SMILES string of the molecule is CCN(CC)CCOC(=O)C(C)(C)CC(C)(C)C. The fraction of sp³-hybridized carbons (Fsp3) is 0.933. The molecule has 0 aromatic carbocycles. The van der Waals surface area contributed by atoms with Crippen molar-refractivity contribution in [1.29, 1.82) is 0 Å². The monoisotopic (exact) mass is 257 g/mol. The third kappa shape index (κ3) is 7.00. The van der Waals surface area contributed by atoms with Crippen LogP contribution < -0.4 is 0 Å². The molecule has 0 aromatic rings. The Morgan fingerprint density at radius 1 is 1.06 bits per heavy atom. The summed E-state index contributed by atoms with van der Waals surface area (Å²) in [5.74, 6) is -0.0791. The molecule has 0 unspecified atom stereocenters. The number of rotatable bonds is 7. The Morgan fingerprint density at radius 2 is 1.56 bits per heavy atom. The van der Waals surface area contributed by atoms with Crippen molar-refractivity contribution in [1.82, 2.24) is 4.90 Å². The van der Waals surface area contributed by atoms with E-state index in [4.69, 9.17) is 4.74 Å². The number of esters is 1. The molecule has 0 aliphatic rings. The van der Waals surface area contributed by atoms with Gasteiger partial charge in [-0.3, -0.25) is 4.79 Å². The molecule has 0 bridgehead atoms. The second kappa shape index (κ2) is 7.13. The molecule has 108 valence electrons. The third-order valence-electron chi connectivity index (χ3n) is 3.06. The van der Waals surface area contributed by atoms with Gasteiger partial charge in [0.1, 0.15) is 6.61 Å². The first kappa shape index (κ1) is 17.4. The Kier molecular flexibility index (Phi) is 6.90. The minimum absolute atomic E-state index is 0.0791. The minimum Gasteiger partial charge on any atom is -0.464 e. The summed E-state index contributed by atoms with van der Waals surface area (Å²) in [6, 6.07) is 0. The summed E-state index contributed by atoms with van der Waals surface area (Å²) in [6.07, 6.45) is 0.837. The number of hydrogen-bond donors (Lipinski definition) is 0. The second-order valence-electron chi connectivity index (χ2n) is 6.78. The van der Waals surface area contributed by atoms with E-state index in [9.17, 15) is 4.79 Å². The van der Waals surface area contributed by atoms with E-state index in [-0.39, 0.29) is 11.4 Å². The summed E-state index contributed by atoms with van der Waals surface area (Å²) in [6.45, 7) is 17.9. The predicted octanol–water partition coefficient (Wildman–Crippen LogP) is 3.33. The lowest BCUT2D eigenvalue weighted by Gasteiger charge is -2.30. The molecule has 0 rings (SSSR count). The summed E-state index contributed by atoms with van der Waals surface area (Å²) in [5.41, 5.74) is -0.261. The molecule has 0 atom stereocenters. The zero-order chi connectivity index (χ0) is 14.4. The highest BCUT2D eigenvalue weighted by molar-refractivity contribution is 5.75. The average molecular weight is 257 g/mol. The molecule has 3 nitrogen and oxygen atoms in total. The van der Waals surface area contributed by atoms with Gasteiger partial charge < -0.3 is 9.64 Å². The van der Waals surface area contributed by atoms with Crippen LogP contribution in [0.2, 0.25) is 0 Å². The normalized spacial score (nSPS) is 12.9. The Balaban J connectivity index is 4.16. The van der Waals surface area contributed by atoms with Gasteiger partial charge in [0.05, 0.1) is 5.41 Å². The molecule has 0 aromatic heterocycles. The third-order valence-corrected chi connectivity index (χ3v) is 3.06. The maximum atomic E-state index is 12.1. The van der Waals surface area contributed by atoms with Crippen LogP contribution in [-0.2, 0) is 9.53 Å². The second-order valence-corrected chi connectivity index (χ2v) is 6.78. The van der Waals surface area contributed by atoms with Crippen molar-refractivity contribution in [2.45, 2.75) is 54.9 Å².